The minimum Gasteiger partial charge on any atom is -0.361 e. The average molecular weight is 351 g/mol. The van der Waals surface area contributed by atoms with Crippen molar-refractivity contribution in [1.29, 1.82) is 0 Å². The molecule has 6 nitrogen and oxygen atoms in total. The molecule has 1 aliphatic heterocycles. The van der Waals surface area contributed by atoms with E-state index in [9.17, 15) is 0 Å². The minimum absolute atomic E-state index is 0.510. The number of piperidine rings is 1. The number of likely N-dealkylation sites (tertiary alicyclic amines) is 1. The lowest BCUT2D eigenvalue weighted by Crippen LogP contribution is -2.32. The smallest absolute Gasteiger partial charge is 0.141 e. The first kappa shape index (κ1) is 17.0. The van der Waals surface area contributed by atoms with E-state index in [4.69, 9.17) is 4.52 Å². The van der Waals surface area contributed by atoms with Crippen molar-refractivity contribution in [3.05, 3.63) is 53.7 Å². The zero-order valence-electron chi connectivity index (χ0n) is 15.6. The fourth-order valence-corrected chi connectivity index (χ4v) is 3.89. The molecule has 1 aliphatic rings. The molecular weight excluding hydrogens is 326 g/mol. The lowest BCUT2D eigenvalue weighted by atomic mass is 9.91. The normalized spacial score (nSPS) is 16.3. The number of pyridine rings is 1. The summed E-state index contributed by atoms with van der Waals surface area (Å²) in [5, 5.41) is 4.08. The summed E-state index contributed by atoms with van der Waals surface area (Å²) in [6.45, 7) is 7.05. The molecule has 4 heterocycles. The zero-order chi connectivity index (χ0) is 18.1. The van der Waals surface area contributed by atoms with Crippen LogP contribution in [0.2, 0.25) is 0 Å². The van der Waals surface area contributed by atoms with Gasteiger partial charge in [-0.2, -0.15) is 0 Å². The predicted molar refractivity (Wildman–Crippen MR) is 99.7 cm³/mol. The summed E-state index contributed by atoms with van der Waals surface area (Å²) in [4.78, 5) is 11.6. The maximum Gasteiger partial charge on any atom is 0.141 e. The molecule has 6 heteroatoms. The fraction of sp³-hybridized carbons (Fsp3) is 0.450. The Morgan fingerprint density at radius 1 is 1.19 bits per heavy atom. The van der Waals surface area contributed by atoms with Crippen molar-refractivity contribution < 1.29 is 4.52 Å². The lowest BCUT2D eigenvalue weighted by Gasteiger charge is -2.31. The second kappa shape index (κ2) is 7.03. The number of rotatable bonds is 4. The van der Waals surface area contributed by atoms with Crippen LogP contribution in [0.1, 0.15) is 41.6 Å². The molecule has 0 atom stereocenters. The Morgan fingerprint density at radius 2 is 2.00 bits per heavy atom. The number of hydrogen-bond donors (Lipinski definition) is 0. The Morgan fingerprint density at radius 3 is 2.65 bits per heavy atom. The standard InChI is InChI=1S/C20H25N5O/c1-14-20(15(2)26-23-14)17-4-7-21-19(10-17)16-5-8-25(9-6-16)12-18-11-24(3)13-22-18/h4,7,10-11,13,16H,5-6,8-9,12H2,1-3H3. The van der Waals surface area contributed by atoms with Gasteiger partial charge in [-0.05, 0) is 57.5 Å². The maximum absolute atomic E-state index is 5.32. The summed E-state index contributed by atoms with van der Waals surface area (Å²) in [5.74, 6) is 1.38. The first-order chi connectivity index (χ1) is 12.6. The van der Waals surface area contributed by atoms with Gasteiger partial charge in [0.05, 0.1) is 17.7 Å². The van der Waals surface area contributed by atoms with Gasteiger partial charge in [0.2, 0.25) is 0 Å². The van der Waals surface area contributed by atoms with Gasteiger partial charge in [0.1, 0.15) is 5.76 Å². The summed E-state index contributed by atoms with van der Waals surface area (Å²) < 4.78 is 7.33. The van der Waals surface area contributed by atoms with Crippen LogP contribution >= 0.6 is 0 Å². The highest BCUT2D eigenvalue weighted by Crippen LogP contribution is 2.32. The van der Waals surface area contributed by atoms with Crippen molar-refractivity contribution in [3.63, 3.8) is 0 Å². The Kier molecular flexibility index (Phi) is 4.59. The molecule has 0 saturated carbocycles. The molecular formula is C20H25N5O. The molecule has 0 aromatic carbocycles. The highest BCUT2D eigenvalue weighted by Gasteiger charge is 2.23. The second-order valence-electron chi connectivity index (χ2n) is 7.25. The van der Waals surface area contributed by atoms with Gasteiger partial charge in [-0.1, -0.05) is 5.16 Å². The molecule has 0 spiro atoms. The van der Waals surface area contributed by atoms with E-state index in [1.807, 2.05) is 44.1 Å². The second-order valence-corrected chi connectivity index (χ2v) is 7.25. The van der Waals surface area contributed by atoms with Crippen molar-refractivity contribution in [2.45, 2.75) is 39.2 Å². The van der Waals surface area contributed by atoms with Crippen LogP contribution in [-0.4, -0.2) is 37.7 Å². The lowest BCUT2D eigenvalue weighted by molar-refractivity contribution is 0.201. The van der Waals surface area contributed by atoms with E-state index in [1.54, 1.807) is 0 Å². The Balaban J connectivity index is 1.44. The third-order valence-corrected chi connectivity index (χ3v) is 5.25. The summed E-state index contributed by atoms with van der Waals surface area (Å²) in [7, 11) is 2.01. The van der Waals surface area contributed by atoms with Crippen LogP contribution in [0.15, 0.2) is 35.4 Å². The fourth-order valence-electron chi connectivity index (χ4n) is 3.89. The average Bonchev–Trinajstić information content (AvgIpc) is 3.20. The predicted octanol–water partition coefficient (Wildman–Crippen LogP) is 3.47. The summed E-state index contributed by atoms with van der Waals surface area (Å²) in [6.07, 6.45) is 8.14. The minimum atomic E-state index is 0.510. The first-order valence-corrected chi connectivity index (χ1v) is 9.18. The van der Waals surface area contributed by atoms with E-state index in [2.05, 4.69) is 32.3 Å². The van der Waals surface area contributed by atoms with Crippen molar-refractivity contribution in [2.75, 3.05) is 13.1 Å². The molecule has 136 valence electrons. The van der Waals surface area contributed by atoms with Crippen LogP contribution < -0.4 is 0 Å². The van der Waals surface area contributed by atoms with Crippen LogP contribution in [0.3, 0.4) is 0 Å². The monoisotopic (exact) mass is 351 g/mol. The molecule has 0 unspecified atom stereocenters. The van der Waals surface area contributed by atoms with E-state index in [0.29, 0.717) is 5.92 Å². The summed E-state index contributed by atoms with van der Waals surface area (Å²) >= 11 is 0. The van der Waals surface area contributed by atoms with E-state index in [-0.39, 0.29) is 0 Å². The molecule has 1 saturated heterocycles. The van der Waals surface area contributed by atoms with E-state index < -0.39 is 0 Å². The van der Waals surface area contributed by atoms with Crippen LogP contribution in [0.4, 0.5) is 0 Å². The number of aromatic nitrogens is 4. The molecule has 0 amide bonds. The van der Waals surface area contributed by atoms with Gasteiger partial charge in [-0.3, -0.25) is 9.88 Å². The van der Waals surface area contributed by atoms with Crippen LogP contribution in [-0.2, 0) is 13.6 Å². The maximum atomic E-state index is 5.32. The van der Waals surface area contributed by atoms with Crippen molar-refractivity contribution >= 4 is 0 Å². The van der Waals surface area contributed by atoms with Gasteiger partial charge in [0.25, 0.3) is 0 Å². The van der Waals surface area contributed by atoms with Crippen LogP contribution in [0, 0.1) is 13.8 Å². The summed E-state index contributed by atoms with van der Waals surface area (Å²) in [6, 6.07) is 4.26. The largest absolute Gasteiger partial charge is 0.361 e. The van der Waals surface area contributed by atoms with Gasteiger partial charge < -0.3 is 9.09 Å². The van der Waals surface area contributed by atoms with Gasteiger partial charge in [0.15, 0.2) is 0 Å². The summed E-state index contributed by atoms with van der Waals surface area (Å²) in [5.41, 5.74) is 5.51. The molecule has 3 aromatic heterocycles. The SMILES string of the molecule is Cc1noc(C)c1-c1ccnc(C2CCN(Cc3cn(C)cn3)CC2)c1. The highest BCUT2D eigenvalue weighted by molar-refractivity contribution is 5.67. The molecule has 0 bridgehead atoms. The topological polar surface area (TPSA) is 60.0 Å². The first-order valence-electron chi connectivity index (χ1n) is 9.18. The van der Waals surface area contributed by atoms with Gasteiger partial charge in [0, 0.05) is 43.2 Å². The van der Waals surface area contributed by atoms with Crippen LogP contribution in [0.5, 0.6) is 0 Å². The van der Waals surface area contributed by atoms with E-state index >= 15 is 0 Å². The Hall–Kier alpha value is -2.47. The highest BCUT2D eigenvalue weighted by atomic mass is 16.5. The Bertz CT molecular complexity index is 870. The van der Waals surface area contributed by atoms with Gasteiger partial charge >= 0.3 is 0 Å². The molecule has 1 fully saturated rings. The molecule has 0 aliphatic carbocycles. The van der Waals surface area contributed by atoms with Gasteiger partial charge in [-0.25, -0.2) is 4.98 Å². The van der Waals surface area contributed by atoms with E-state index in [1.165, 1.54) is 5.69 Å². The third-order valence-electron chi connectivity index (χ3n) is 5.25. The number of nitrogens with zero attached hydrogens (tertiary/aromatic N) is 5. The van der Waals surface area contributed by atoms with Gasteiger partial charge in [-0.15, -0.1) is 0 Å². The molecule has 0 N–H and O–H groups in total. The zero-order valence-corrected chi connectivity index (χ0v) is 15.6. The molecule has 26 heavy (non-hydrogen) atoms. The number of aryl methyl sites for hydroxylation is 3. The van der Waals surface area contributed by atoms with Crippen molar-refractivity contribution in [2.24, 2.45) is 7.05 Å². The quantitative estimate of drug-likeness (QED) is 0.720. The Labute approximate surface area is 153 Å². The third kappa shape index (κ3) is 3.42. The molecule has 3 aromatic rings. The van der Waals surface area contributed by atoms with Crippen molar-refractivity contribution in [3.8, 4) is 11.1 Å². The van der Waals surface area contributed by atoms with Crippen molar-refractivity contribution in [1.82, 2.24) is 24.6 Å². The molecule has 4 rings (SSSR count). The van der Waals surface area contributed by atoms with Crippen LogP contribution in [0.25, 0.3) is 11.1 Å². The van der Waals surface area contributed by atoms with E-state index in [0.717, 1.165) is 60.8 Å². The number of hydrogen-bond acceptors (Lipinski definition) is 5. The number of imidazole rings is 1. The molecule has 0 radical (unpaired) electrons.